The molecule has 0 spiro atoms. The molecule has 1 rings (SSSR count). The first-order valence-electron chi connectivity index (χ1n) is 5.26. The van der Waals surface area contributed by atoms with Gasteiger partial charge in [0.25, 0.3) is 0 Å². The van der Waals surface area contributed by atoms with Crippen molar-refractivity contribution in [1.29, 1.82) is 0 Å². The molecule has 1 aliphatic rings. The zero-order valence-corrected chi connectivity index (χ0v) is 9.26. The average molecular weight is 217 g/mol. The molecule has 1 fully saturated rings. The monoisotopic (exact) mass is 217 g/mol. The molecule has 3 nitrogen and oxygen atoms in total. The highest BCUT2D eigenvalue weighted by Gasteiger charge is 2.15. The van der Waals surface area contributed by atoms with Crippen LogP contribution in [0.4, 0.5) is 0 Å². The van der Waals surface area contributed by atoms with Crippen LogP contribution in [-0.4, -0.2) is 28.6 Å². The summed E-state index contributed by atoms with van der Waals surface area (Å²) in [5.74, 6) is 2.06. The molecule has 1 saturated carbocycles. The van der Waals surface area contributed by atoms with E-state index in [2.05, 4.69) is 0 Å². The van der Waals surface area contributed by atoms with Gasteiger partial charge in [-0.05, 0) is 36.7 Å². The lowest BCUT2D eigenvalue weighted by atomic mass is 10.1. The molecule has 0 aliphatic heterocycles. The molecule has 14 heavy (non-hydrogen) atoms. The van der Waals surface area contributed by atoms with Gasteiger partial charge in [0.2, 0.25) is 0 Å². The lowest BCUT2D eigenvalue weighted by Crippen LogP contribution is -2.30. The zero-order valence-electron chi connectivity index (χ0n) is 8.45. The highest BCUT2D eigenvalue weighted by atomic mass is 32.2. The van der Waals surface area contributed by atoms with Crippen LogP contribution in [0.5, 0.6) is 0 Å². The van der Waals surface area contributed by atoms with Crippen molar-refractivity contribution in [2.24, 2.45) is 11.7 Å². The molecule has 0 saturated heterocycles. The summed E-state index contributed by atoms with van der Waals surface area (Å²) in [5, 5.41) is 8.56. The van der Waals surface area contributed by atoms with Gasteiger partial charge in [0, 0.05) is 0 Å². The lowest BCUT2D eigenvalue weighted by Gasteiger charge is -2.09. The predicted molar refractivity (Wildman–Crippen MR) is 59.5 cm³/mol. The molecule has 0 aromatic rings. The molecular weight excluding hydrogens is 198 g/mol. The van der Waals surface area contributed by atoms with E-state index in [-0.39, 0.29) is 0 Å². The molecule has 1 aliphatic carbocycles. The maximum atomic E-state index is 10.4. The summed E-state index contributed by atoms with van der Waals surface area (Å²) in [6.07, 6.45) is 6.06. The second kappa shape index (κ2) is 6.30. The molecule has 82 valence electrons. The number of nitrogens with two attached hydrogens (primary N) is 1. The van der Waals surface area contributed by atoms with E-state index >= 15 is 0 Å². The van der Waals surface area contributed by atoms with Crippen LogP contribution in [0.1, 0.15) is 32.1 Å². The highest BCUT2D eigenvalue weighted by Crippen LogP contribution is 2.27. The Morgan fingerprint density at radius 1 is 1.50 bits per heavy atom. The van der Waals surface area contributed by atoms with Crippen LogP contribution in [0.25, 0.3) is 0 Å². The minimum Gasteiger partial charge on any atom is -0.480 e. The van der Waals surface area contributed by atoms with E-state index < -0.39 is 12.0 Å². The molecular formula is C10H19NO2S. The summed E-state index contributed by atoms with van der Waals surface area (Å²) in [6.45, 7) is 0. The molecule has 4 heteroatoms. The Balaban J connectivity index is 1.95. The lowest BCUT2D eigenvalue weighted by molar-refractivity contribution is -0.138. The minimum absolute atomic E-state index is 0.590. The van der Waals surface area contributed by atoms with Crippen LogP contribution in [0.15, 0.2) is 0 Å². The first kappa shape index (κ1) is 11.9. The largest absolute Gasteiger partial charge is 0.480 e. The van der Waals surface area contributed by atoms with Gasteiger partial charge in [0.15, 0.2) is 0 Å². The molecule has 1 atom stereocenters. The summed E-state index contributed by atoms with van der Waals surface area (Å²) in [5.41, 5.74) is 5.40. The van der Waals surface area contributed by atoms with Crippen LogP contribution in [0, 0.1) is 5.92 Å². The molecule has 0 bridgehead atoms. The quantitative estimate of drug-likeness (QED) is 0.665. The maximum absolute atomic E-state index is 10.4. The normalized spacial score (nSPS) is 19.8. The number of carboxylic acids is 1. The van der Waals surface area contributed by atoms with Crippen LogP contribution < -0.4 is 5.73 Å². The van der Waals surface area contributed by atoms with Crippen molar-refractivity contribution >= 4 is 17.7 Å². The Kier molecular flexibility index (Phi) is 5.33. The van der Waals surface area contributed by atoms with E-state index in [9.17, 15) is 4.79 Å². The number of hydrogen-bond acceptors (Lipinski definition) is 3. The van der Waals surface area contributed by atoms with Crippen molar-refractivity contribution in [2.75, 3.05) is 11.5 Å². The van der Waals surface area contributed by atoms with E-state index in [0.29, 0.717) is 6.42 Å². The van der Waals surface area contributed by atoms with Gasteiger partial charge in [0.05, 0.1) is 0 Å². The van der Waals surface area contributed by atoms with Gasteiger partial charge >= 0.3 is 5.97 Å². The van der Waals surface area contributed by atoms with E-state index in [1.165, 1.54) is 31.4 Å². The Bertz CT molecular complexity index is 181. The minimum atomic E-state index is -0.883. The van der Waals surface area contributed by atoms with Crippen molar-refractivity contribution in [2.45, 2.75) is 38.1 Å². The number of carbonyl (C=O) groups is 1. The SMILES string of the molecule is N[C@H](CCSCC1CCCC1)C(=O)O. The first-order chi connectivity index (χ1) is 6.70. The van der Waals surface area contributed by atoms with Crippen molar-refractivity contribution < 1.29 is 9.90 Å². The molecule has 0 aromatic carbocycles. The topological polar surface area (TPSA) is 63.3 Å². The summed E-state index contributed by atoms with van der Waals surface area (Å²) in [4.78, 5) is 10.4. The van der Waals surface area contributed by atoms with Crippen molar-refractivity contribution in [1.82, 2.24) is 0 Å². The van der Waals surface area contributed by atoms with Gasteiger partial charge in [-0.15, -0.1) is 0 Å². The third kappa shape index (κ3) is 4.33. The fourth-order valence-electron chi connectivity index (χ4n) is 1.76. The van der Waals surface area contributed by atoms with Crippen molar-refractivity contribution in [3.05, 3.63) is 0 Å². The summed E-state index contributed by atoms with van der Waals surface area (Å²) in [7, 11) is 0. The van der Waals surface area contributed by atoms with Crippen LogP contribution in [0.2, 0.25) is 0 Å². The van der Waals surface area contributed by atoms with Gasteiger partial charge in [-0.25, -0.2) is 0 Å². The smallest absolute Gasteiger partial charge is 0.320 e. The summed E-state index contributed by atoms with van der Waals surface area (Å²) >= 11 is 1.85. The van der Waals surface area contributed by atoms with Crippen LogP contribution in [-0.2, 0) is 4.79 Å². The number of rotatable bonds is 6. The second-order valence-corrected chi connectivity index (χ2v) is 5.11. The number of thioether (sulfide) groups is 1. The Morgan fingerprint density at radius 3 is 2.71 bits per heavy atom. The third-order valence-corrected chi connectivity index (χ3v) is 3.95. The number of aliphatic carboxylic acids is 1. The highest BCUT2D eigenvalue weighted by molar-refractivity contribution is 7.99. The Labute approximate surface area is 89.4 Å². The van der Waals surface area contributed by atoms with Gasteiger partial charge in [0.1, 0.15) is 6.04 Å². The molecule has 0 amide bonds. The van der Waals surface area contributed by atoms with E-state index in [0.717, 1.165) is 11.7 Å². The molecule has 0 aromatic heterocycles. The molecule has 0 heterocycles. The number of carboxylic acid groups (broad SMARTS) is 1. The van der Waals surface area contributed by atoms with E-state index in [4.69, 9.17) is 10.8 Å². The van der Waals surface area contributed by atoms with Crippen LogP contribution >= 0.6 is 11.8 Å². The summed E-state index contributed by atoms with van der Waals surface area (Å²) < 4.78 is 0. The van der Waals surface area contributed by atoms with Gasteiger partial charge < -0.3 is 10.8 Å². The van der Waals surface area contributed by atoms with Gasteiger partial charge in [-0.1, -0.05) is 12.8 Å². The maximum Gasteiger partial charge on any atom is 0.320 e. The molecule has 0 unspecified atom stereocenters. The van der Waals surface area contributed by atoms with Gasteiger partial charge in [-0.3, -0.25) is 4.79 Å². The zero-order chi connectivity index (χ0) is 10.4. The fourth-order valence-corrected chi connectivity index (χ4v) is 3.01. The molecule has 3 N–H and O–H groups in total. The van der Waals surface area contributed by atoms with Crippen LogP contribution in [0.3, 0.4) is 0 Å². The predicted octanol–water partition coefficient (Wildman–Crippen LogP) is 1.71. The summed E-state index contributed by atoms with van der Waals surface area (Å²) in [6, 6.07) is -0.675. The van der Waals surface area contributed by atoms with Gasteiger partial charge in [-0.2, -0.15) is 11.8 Å². The Morgan fingerprint density at radius 2 is 2.14 bits per heavy atom. The van der Waals surface area contributed by atoms with Crippen molar-refractivity contribution in [3.63, 3.8) is 0 Å². The van der Waals surface area contributed by atoms with E-state index in [1.807, 2.05) is 11.8 Å². The standard InChI is InChI=1S/C10H19NO2S/c11-9(10(12)13)5-6-14-7-8-3-1-2-4-8/h8-9H,1-7,11H2,(H,12,13)/t9-/m1/s1. The molecule has 0 radical (unpaired) electrons. The third-order valence-electron chi connectivity index (χ3n) is 2.72. The fraction of sp³-hybridized carbons (Fsp3) is 0.900. The first-order valence-corrected chi connectivity index (χ1v) is 6.41. The van der Waals surface area contributed by atoms with E-state index in [1.54, 1.807) is 0 Å². The van der Waals surface area contributed by atoms with Crippen molar-refractivity contribution in [3.8, 4) is 0 Å². The Hall–Kier alpha value is -0.220. The average Bonchev–Trinajstić information content (AvgIpc) is 2.64. The number of hydrogen-bond donors (Lipinski definition) is 2. The second-order valence-electron chi connectivity index (χ2n) is 3.96.